The van der Waals surface area contributed by atoms with E-state index in [1.165, 1.54) is 24.1 Å². The van der Waals surface area contributed by atoms with Crippen molar-refractivity contribution in [2.45, 2.75) is 31.2 Å². The quantitative estimate of drug-likeness (QED) is 0.279. The number of ether oxygens (including phenoxy) is 2. The largest absolute Gasteiger partial charge is 0.480 e. The van der Waals surface area contributed by atoms with Crippen molar-refractivity contribution in [3.05, 3.63) is 98.0 Å². The summed E-state index contributed by atoms with van der Waals surface area (Å²) in [6.45, 7) is 0.228. The lowest BCUT2D eigenvalue weighted by molar-refractivity contribution is -0.145. The molecule has 0 bridgehead atoms. The topological polar surface area (TPSA) is 55.8 Å². The summed E-state index contributed by atoms with van der Waals surface area (Å²) in [6.07, 6.45) is -5.01. The first-order chi connectivity index (χ1) is 18.0. The number of amides is 1. The normalized spacial score (nSPS) is 16.3. The first kappa shape index (κ1) is 28.1. The number of hydrogen-bond acceptors (Lipinski definition) is 4. The van der Waals surface area contributed by atoms with Crippen LogP contribution in [0.1, 0.15) is 46.0 Å². The second-order valence-electron chi connectivity index (χ2n) is 8.60. The third-order valence-corrected chi connectivity index (χ3v) is 7.00. The smallest absolute Gasteiger partial charge is 0.419 e. The standard InChI is InChI=1S/C27H21Cl3F3NO4/c1-37-26(36)22-3-2-12-34(22)25(35)16-6-11-23(20(13-16)27(31,32)33)38-24(15-4-7-17(28)8-5-15)19-10-9-18(29)14-21(19)30/h4-11,13-14,22,24H,2-3,12H2,1H3/t22-,24?/m0/s1. The van der Waals surface area contributed by atoms with Crippen LogP contribution in [0.5, 0.6) is 5.75 Å². The summed E-state index contributed by atoms with van der Waals surface area (Å²) in [5.41, 5.74) is -0.510. The molecule has 1 unspecified atom stereocenters. The molecule has 1 amide bonds. The lowest BCUT2D eigenvalue weighted by atomic mass is 10.0. The maximum atomic E-state index is 14.2. The van der Waals surface area contributed by atoms with Crippen LogP contribution in [0.3, 0.4) is 0 Å². The molecule has 4 rings (SSSR count). The van der Waals surface area contributed by atoms with Crippen molar-refractivity contribution in [2.24, 2.45) is 0 Å². The predicted molar refractivity (Wildman–Crippen MR) is 138 cm³/mol. The Balaban J connectivity index is 1.75. The molecule has 0 N–H and O–H groups in total. The molecule has 3 aromatic carbocycles. The second-order valence-corrected chi connectivity index (χ2v) is 9.88. The fraction of sp³-hybridized carbons (Fsp3) is 0.259. The Bertz CT molecular complexity index is 1350. The van der Waals surface area contributed by atoms with E-state index in [9.17, 15) is 22.8 Å². The molecule has 1 aliphatic rings. The highest BCUT2D eigenvalue weighted by atomic mass is 35.5. The Kier molecular flexibility index (Phi) is 8.45. The second kappa shape index (κ2) is 11.4. The lowest BCUT2D eigenvalue weighted by Crippen LogP contribution is -2.41. The summed E-state index contributed by atoms with van der Waals surface area (Å²) >= 11 is 18.4. The van der Waals surface area contributed by atoms with Crippen LogP contribution < -0.4 is 4.74 Å². The van der Waals surface area contributed by atoms with Crippen LogP contribution in [0.25, 0.3) is 0 Å². The molecule has 0 aliphatic carbocycles. The van der Waals surface area contributed by atoms with E-state index in [4.69, 9.17) is 44.3 Å². The Labute approximate surface area is 232 Å². The van der Waals surface area contributed by atoms with E-state index in [2.05, 4.69) is 0 Å². The van der Waals surface area contributed by atoms with E-state index in [1.54, 1.807) is 36.4 Å². The SMILES string of the molecule is COC(=O)[C@@H]1CCCN1C(=O)c1ccc(OC(c2ccc(Cl)cc2)c2ccc(Cl)cc2Cl)c(C(F)(F)F)c1. The highest BCUT2D eigenvalue weighted by Crippen LogP contribution is 2.41. The number of hydrogen-bond donors (Lipinski definition) is 0. The minimum Gasteiger partial charge on any atom is -0.480 e. The van der Waals surface area contributed by atoms with Crippen LogP contribution >= 0.6 is 34.8 Å². The van der Waals surface area contributed by atoms with Crippen LogP contribution in [0.15, 0.2) is 60.7 Å². The van der Waals surface area contributed by atoms with Gasteiger partial charge in [-0.25, -0.2) is 4.79 Å². The van der Waals surface area contributed by atoms with Crippen molar-refractivity contribution in [1.29, 1.82) is 0 Å². The zero-order valence-electron chi connectivity index (χ0n) is 19.9. The molecule has 1 heterocycles. The molecule has 2 atom stereocenters. The van der Waals surface area contributed by atoms with Gasteiger partial charge in [-0.1, -0.05) is 53.0 Å². The molecule has 0 spiro atoms. The fourth-order valence-corrected chi connectivity index (χ4v) is 4.97. The molecule has 3 aromatic rings. The summed E-state index contributed by atoms with van der Waals surface area (Å²) < 4.78 is 53.4. The maximum Gasteiger partial charge on any atom is 0.419 e. The third kappa shape index (κ3) is 6.03. The minimum absolute atomic E-state index is 0.195. The molecular formula is C27H21Cl3F3NO4. The fourth-order valence-electron chi connectivity index (χ4n) is 4.33. The molecule has 1 fully saturated rings. The summed E-state index contributed by atoms with van der Waals surface area (Å²) in [4.78, 5) is 26.4. The number of carbonyl (C=O) groups is 2. The van der Waals surface area contributed by atoms with E-state index < -0.39 is 41.5 Å². The van der Waals surface area contributed by atoms with Crippen molar-refractivity contribution in [2.75, 3.05) is 13.7 Å². The summed E-state index contributed by atoms with van der Waals surface area (Å²) in [6, 6.07) is 13.2. The van der Waals surface area contributed by atoms with Gasteiger partial charge in [-0.3, -0.25) is 4.79 Å². The van der Waals surface area contributed by atoms with Crippen LogP contribution in [0, 0.1) is 0 Å². The maximum absolute atomic E-state index is 14.2. The molecule has 38 heavy (non-hydrogen) atoms. The molecule has 5 nitrogen and oxygen atoms in total. The lowest BCUT2D eigenvalue weighted by Gasteiger charge is -2.25. The van der Waals surface area contributed by atoms with Gasteiger partial charge in [0.05, 0.1) is 12.7 Å². The van der Waals surface area contributed by atoms with Gasteiger partial charge < -0.3 is 14.4 Å². The minimum atomic E-state index is -4.85. The molecule has 0 saturated carbocycles. The number of nitrogens with zero attached hydrogens (tertiary/aromatic N) is 1. The highest BCUT2D eigenvalue weighted by molar-refractivity contribution is 6.35. The van der Waals surface area contributed by atoms with Gasteiger partial charge in [-0.2, -0.15) is 13.2 Å². The zero-order chi connectivity index (χ0) is 27.6. The Morgan fingerprint density at radius 2 is 1.66 bits per heavy atom. The van der Waals surface area contributed by atoms with Gasteiger partial charge in [-0.05, 0) is 60.9 Å². The van der Waals surface area contributed by atoms with Crippen molar-refractivity contribution in [3.8, 4) is 5.75 Å². The first-order valence-corrected chi connectivity index (χ1v) is 12.6. The molecule has 0 aromatic heterocycles. The average Bonchev–Trinajstić information content (AvgIpc) is 3.37. The van der Waals surface area contributed by atoms with E-state index in [1.807, 2.05) is 0 Å². The van der Waals surface area contributed by atoms with Gasteiger partial charge >= 0.3 is 12.1 Å². The number of halogens is 6. The summed E-state index contributed by atoms with van der Waals surface area (Å²) in [5.74, 6) is -1.83. The van der Waals surface area contributed by atoms with E-state index in [0.29, 0.717) is 34.0 Å². The first-order valence-electron chi connectivity index (χ1n) is 11.5. The molecule has 11 heteroatoms. The Hall–Kier alpha value is -2.94. The van der Waals surface area contributed by atoms with Crippen LogP contribution in [-0.2, 0) is 15.7 Å². The molecular weight excluding hydrogens is 566 g/mol. The Morgan fingerprint density at radius 3 is 2.29 bits per heavy atom. The monoisotopic (exact) mass is 585 g/mol. The van der Waals surface area contributed by atoms with Crippen molar-refractivity contribution < 1.29 is 32.2 Å². The highest BCUT2D eigenvalue weighted by Gasteiger charge is 2.39. The van der Waals surface area contributed by atoms with Crippen LogP contribution in [0.2, 0.25) is 15.1 Å². The Morgan fingerprint density at radius 1 is 0.974 bits per heavy atom. The number of esters is 1. The van der Waals surface area contributed by atoms with Crippen LogP contribution in [-0.4, -0.2) is 36.5 Å². The third-order valence-electron chi connectivity index (χ3n) is 6.18. The van der Waals surface area contributed by atoms with Gasteiger partial charge in [0.2, 0.25) is 0 Å². The number of likely N-dealkylation sites (tertiary alicyclic amines) is 1. The predicted octanol–water partition coefficient (Wildman–Crippen LogP) is 7.61. The van der Waals surface area contributed by atoms with E-state index in [0.717, 1.165) is 12.1 Å². The number of methoxy groups -OCH3 is 1. The van der Waals surface area contributed by atoms with Crippen LogP contribution in [0.4, 0.5) is 13.2 Å². The molecule has 200 valence electrons. The molecule has 1 aliphatic heterocycles. The van der Waals surface area contributed by atoms with Crippen molar-refractivity contribution in [3.63, 3.8) is 0 Å². The molecule has 1 saturated heterocycles. The van der Waals surface area contributed by atoms with Gasteiger partial charge in [0.25, 0.3) is 5.91 Å². The van der Waals surface area contributed by atoms with E-state index in [-0.39, 0.29) is 17.1 Å². The van der Waals surface area contributed by atoms with E-state index >= 15 is 0 Å². The number of alkyl halides is 3. The van der Waals surface area contributed by atoms with Gasteiger partial charge in [0, 0.05) is 32.7 Å². The van der Waals surface area contributed by atoms with Crippen molar-refractivity contribution >= 4 is 46.7 Å². The number of rotatable bonds is 6. The number of benzene rings is 3. The summed E-state index contributed by atoms with van der Waals surface area (Å²) in [5, 5.41) is 0.973. The van der Waals surface area contributed by atoms with Gasteiger partial charge in [-0.15, -0.1) is 0 Å². The summed E-state index contributed by atoms with van der Waals surface area (Å²) in [7, 11) is 1.20. The van der Waals surface area contributed by atoms with Gasteiger partial charge in [0.15, 0.2) is 6.10 Å². The molecule has 0 radical (unpaired) electrons. The number of carbonyl (C=O) groups excluding carboxylic acids is 2. The van der Waals surface area contributed by atoms with Gasteiger partial charge in [0.1, 0.15) is 11.8 Å². The average molecular weight is 587 g/mol. The zero-order valence-corrected chi connectivity index (χ0v) is 22.2. The van der Waals surface area contributed by atoms with Crippen molar-refractivity contribution in [1.82, 2.24) is 4.90 Å².